The van der Waals surface area contributed by atoms with Crippen molar-refractivity contribution in [1.29, 1.82) is 0 Å². The Morgan fingerprint density at radius 1 is 1.27 bits per heavy atom. The van der Waals surface area contributed by atoms with Crippen LogP contribution in [-0.4, -0.2) is 35.6 Å². The van der Waals surface area contributed by atoms with Crippen molar-refractivity contribution in [2.24, 2.45) is 5.92 Å². The zero-order valence-corrected chi connectivity index (χ0v) is 13.1. The van der Waals surface area contributed by atoms with Gasteiger partial charge in [0.05, 0.1) is 13.0 Å². The van der Waals surface area contributed by atoms with Crippen LogP contribution in [0, 0.1) is 5.92 Å². The molecule has 0 aromatic heterocycles. The summed E-state index contributed by atoms with van der Waals surface area (Å²) in [4.78, 5) is 34.8. The zero-order chi connectivity index (χ0) is 16.7. The van der Waals surface area contributed by atoms with Crippen molar-refractivity contribution in [3.05, 3.63) is 34.9 Å². The normalized spacial score (nSPS) is 13.0. The summed E-state index contributed by atoms with van der Waals surface area (Å²) in [6.45, 7) is 3.46. The lowest BCUT2D eigenvalue weighted by Gasteiger charge is -2.20. The van der Waals surface area contributed by atoms with Crippen molar-refractivity contribution in [3.8, 4) is 0 Å². The number of ether oxygens (including phenoxy) is 1. The molecule has 0 saturated heterocycles. The third-order valence-electron chi connectivity index (χ3n) is 3.02. The van der Waals surface area contributed by atoms with Crippen molar-refractivity contribution in [2.75, 3.05) is 6.61 Å². The first kappa shape index (κ1) is 18.0. The Morgan fingerprint density at radius 3 is 2.36 bits per heavy atom. The predicted octanol–water partition coefficient (Wildman–Crippen LogP) is 2.11. The van der Waals surface area contributed by atoms with Crippen LogP contribution in [0.4, 0.5) is 0 Å². The van der Waals surface area contributed by atoms with Gasteiger partial charge in [0.15, 0.2) is 0 Å². The van der Waals surface area contributed by atoms with Crippen LogP contribution in [0.2, 0.25) is 5.02 Å². The average Bonchev–Trinajstić information content (AvgIpc) is 2.44. The Balaban J connectivity index is 2.75. The second-order valence-electron chi connectivity index (χ2n) is 4.78. The van der Waals surface area contributed by atoms with Crippen molar-refractivity contribution >= 4 is 29.4 Å². The SMILES string of the molecule is CCOC(=O)C[C@H](C)[C@H](NC(=O)c1ccc(Cl)cc1)C(=O)O. The summed E-state index contributed by atoms with van der Waals surface area (Å²) in [5, 5.41) is 12.1. The van der Waals surface area contributed by atoms with Crippen LogP contribution in [-0.2, 0) is 14.3 Å². The number of carboxylic acid groups (broad SMARTS) is 1. The third-order valence-corrected chi connectivity index (χ3v) is 3.27. The molecule has 0 unspecified atom stereocenters. The van der Waals surface area contributed by atoms with Gasteiger partial charge in [0, 0.05) is 10.6 Å². The van der Waals surface area contributed by atoms with Crippen LogP contribution in [0.5, 0.6) is 0 Å². The summed E-state index contributed by atoms with van der Waals surface area (Å²) < 4.78 is 4.79. The fourth-order valence-electron chi connectivity index (χ4n) is 1.87. The van der Waals surface area contributed by atoms with E-state index in [1.54, 1.807) is 13.8 Å². The third kappa shape index (κ3) is 5.37. The Kier molecular flexibility index (Phi) is 6.85. The smallest absolute Gasteiger partial charge is 0.326 e. The van der Waals surface area contributed by atoms with Crippen molar-refractivity contribution in [1.82, 2.24) is 5.32 Å². The van der Waals surface area contributed by atoms with Gasteiger partial charge in [-0.15, -0.1) is 0 Å². The quantitative estimate of drug-likeness (QED) is 0.748. The second kappa shape index (κ2) is 8.38. The molecule has 1 aromatic rings. The van der Waals surface area contributed by atoms with E-state index in [1.165, 1.54) is 24.3 Å². The molecule has 1 rings (SSSR count). The molecule has 0 aliphatic heterocycles. The van der Waals surface area contributed by atoms with Gasteiger partial charge >= 0.3 is 11.9 Å². The van der Waals surface area contributed by atoms with Crippen LogP contribution >= 0.6 is 11.6 Å². The molecule has 2 atom stereocenters. The minimum atomic E-state index is -1.21. The molecule has 22 heavy (non-hydrogen) atoms. The number of esters is 1. The molecule has 0 saturated carbocycles. The van der Waals surface area contributed by atoms with E-state index >= 15 is 0 Å². The molecule has 0 heterocycles. The lowest BCUT2D eigenvalue weighted by atomic mass is 9.98. The highest BCUT2D eigenvalue weighted by Crippen LogP contribution is 2.13. The molecule has 0 radical (unpaired) electrons. The number of carbonyl (C=O) groups is 3. The van der Waals surface area contributed by atoms with Gasteiger partial charge in [-0.25, -0.2) is 4.79 Å². The van der Waals surface area contributed by atoms with E-state index in [4.69, 9.17) is 16.3 Å². The first-order chi connectivity index (χ1) is 10.3. The highest BCUT2D eigenvalue weighted by atomic mass is 35.5. The molecular weight excluding hydrogens is 310 g/mol. The highest BCUT2D eigenvalue weighted by molar-refractivity contribution is 6.30. The largest absolute Gasteiger partial charge is 0.480 e. The van der Waals surface area contributed by atoms with E-state index < -0.39 is 29.8 Å². The molecule has 0 bridgehead atoms. The number of benzene rings is 1. The number of aliphatic carboxylic acids is 1. The van der Waals surface area contributed by atoms with Gasteiger partial charge in [-0.3, -0.25) is 9.59 Å². The lowest BCUT2D eigenvalue weighted by Crippen LogP contribution is -2.45. The van der Waals surface area contributed by atoms with Crippen LogP contribution in [0.25, 0.3) is 0 Å². The summed E-state index contributed by atoms with van der Waals surface area (Å²) in [6, 6.07) is 4.87. The molecule has 1 aromatic carbocycles. The molecular formula is C15H18ClNO5. The number of carbonyl (C=O) groups excluding carboxylic acids is 2. The molecule has 0 aliphatic carbocycles. The van der Waals surface area contributed by atoms with Gasteiger partial charge in [-0.1, -0.05) is 18.5 Å². The van der Waals surface area contributed by atoms with E-state index in [9.17, 15) is 19.5 Å². The fourth-order valence-corrected chi connectivity index (χ4v) is 2.00. The van der Waals surface area contributed by atoms with E-state index in [0.717, 1.165) is 0 Å². The van der Waals surface area contributed by atoms with Crippen LogP contribution in [0.3, 0.4) is 0 Å². The molecule has 2 N–H and O–H groups in total. The van der Waals surface area contributed by atoms with E-state index in [1.807, 2.05) is 0 Å². The standard InChI is InChI=1S/C15H18ClNO5/c1-3-22-12(18)8-9(2)13(15(20)21)17-14(19)10-4-6-11(16)7-5-10/h4-7,9,13H,3,8H2,1-2H3,(H,17,19)(H,20,21)/t9-,13-/m0/s1. The molecule has 7 heteroatoms. The summed E-state index contributed by atoms with van der Waals surface area (Å²) in [5.74, 6) is -2.85. The number of hydrogen-bond donors (Lipinski definition) is 2. The fraction of sp³-hybridized carbons (Fsp3) is 0.400. The van der Waals surface area contributed by atoms with Crippen LogP contribution in [0.15, 0.2) is 24.3 Å². The molecule has 0 aliphatic rings. The number of amides is 1. The van der Waals surface area contributed by atoms with Crippen molar-refractivity contribution in [3.63, 3.8) is 0 Å². The minimum absolute atomic E-state index is 0.0916. The lowest BCUT2D eigenvalue weighted by molar-refractivity contribution is -0.145. The van der Waals surface area contributed by atoms with Gasteiger partial charge in [-0.2, -0.15) is 0 Å². The Morgan fingerprint density at radius 2 is 1.86 bits per heavy atom. The topological polar surface area (TPSA) is 92.7 Å². The molecule has 6 nitrogen and oxygen atoms in total. The van der Waals surface area contributed by atoms with Gasteiger partial charge in [0.2, 0.25) is 0 Å². The van der Waals surface area contributed by atoms with Crippen LogP contribution in [0.1, 0.15) is 30.6 Å². The van der Waals surface area contributed by atoms with E-state index in [0.29, 0.717) is 10.6 Å². The maximum atomic E-state index is 12.1. The first-order valence-corrected chi connectivity index (χ1v) is 7.17. The minimum Gasteiger partial charge on any atom is -0.480 e. The first-order valence-electron chi connectivity index (χ1n) is 6.80. The monoisotopic (exact) mass is 327 g/mol. The maximum absolute atomic E-state index is 12.1. The zero-order valence-electron chi connectivity index (χ0n) is 12.3. The number of hydrogen-bond acceptors (Lipinski definition) is 4. The summed E-state index contributed by atoms with van der Waals surface area (Å²) >= 11 is 5.73. The second-order valence-corrected chi connectivity index (χ2v) is 5.22. The summed E-state index contributed by atoms with van der Waals surface area (Å²) in [7, 11) is 0. The Labute approximate surface area is 133 Å². The van der Waals surface area contributed by atoms with E-state index in [-0.39, 0.29) is 13.0 Å². The van der Waals surface area contributed by atoms with Gasteiger partial charge in [-0.05, 0) is 37.1 Å². The Bertz CT molecular complexity index is 543. The Hall–Kier alpha value is -2.08. The molecule has 1 amide bonds. The van der Waals surface area contributed by atoms with Gasteiger partial charge in [0.25, 0.3) is 5.91 Å². The van der Waals surface area contributed by atoms with Gasteiger partial charge in [0.1, 0.15) is 6.04 Å². The molecule has 0 fully saturated rings. The number of rotatable bonds is 7. The van der Waals surface area contributed by atoms with Crippen molar-refractivity contribution in [2.45, 2.75) is 26.3 Å². The van der Waals surface area contributed by atoms with Crippen LogP contribution < -0.4 is 5.32 Å². The van der Waals surface area contributed by atoms with Gasteiger partial charge < -0.3 is 15.2 Å². The summed E-state index contributed by atoms with van der Waals surface area (Å²) in [6.07, 6.45) is -0.0916. The highest BCUT2D eigenvalue weighted by Gasteiger charge is 2.28. The van der Waals surface area contributed by atoms with Crippen molar-refractivity contribution < 1.29 is 24.2 Å². The average molecular weight is 328 g/mol. The molecule has 0 spiro atoms. The molecule has 120 valence electrons. The summed E-state index contributed by atoms with van der Waals surface area (Å²) in [5.41, 5.74) is 0.291. The number of carboxylic acids is 1. The number of nitrogens with one attached hydrogen (secondary N) is 1. The number of halogens is 1. The predicted molar refractivity (Wildman–Crippen MR) is 80.8 cm³/mol. The van der Waals surface area contributed by atoms with E-state index in [2.05, 4.69) is 5.32 Å². The maximum Gasteiger partial charge on any atom is 0.326 e.